The first-order valence-electron chi connectivity index (χ1n) is 13.4. The molecule has 7 rings (SSSR count). The van der Waals surface area contributed by atoms with Gasteiger partial charge in [-0.25, -0.2) is 18.7 Å². The molecule has 2 atom stereocenters. The number of nitrogens with one attached hydrogen (secondary N) is 1. The number of likely N-dealkylation sites (tertiary alicyclic amines) is 1. The van der Waals surface area contributed by atoms with Crippen LogP contribution in [0.2, 0.25) is 0 Å². The van der Waals surface area contributed by atoms with Crippen LogP contribution in [-0.2, 0) is 9.53 Å². The quantitative estimate of drug-likeness (QED) is 0.360. The largest absolute Gasteiger partial charge is 0.436 e. The first-order chi connectivity index (χ1) is 18.9. The molecule has 3 fully saturated rings. The van der Waals surface area contributed by atoms with E-state index in [4.69, 9.17) is 14.1 Å². The van der Waals surface area contributed by atoms with Gasteiger partial charge in [0.1, 0.15) is 17.0 Å². The van der Waals surface area contributed by atoms with E-state index in [1.165, 1.54) is 18.0 Å². The van der Waals surface area contributed by atoms with Gasteiger partial charge in [0.15, 0.2) is 5.58 Å². The summed E-state index contributed by atoms with van der Waals surface area (Å²) in [6.07, 6.45) is 3.72. The molecule has 1 N–H and O–H groups in total. The second-order valence-electron chi connectivity index (χ2n) is 11.2. The number of nitrogens with zero attached hydrogens (tertiary/aromatic N) is 4. The second-order valence-corrected chi connectivity index (χ2v) is 11.2. The molecule has 1 saturated carbocycles. The number of benzene rings is 1. The number of carbonyl (C=O) groups is 1. The highest BCUT2D eigenvalue weighted by molar-refractivity contribution is 6.00. The summed E-state index contributed by atoms with van der Waals surface area (Å²) in [5, 5.41) is 3.57. The molecule has 1 spiro atoms. The van der Waals surface area contributed by atoms with Crippen molar-refractivity contribution >= 4 is 33.6 Å². The number of ether oxygens (including phenoxy) is 1. The average Bonchev–Trinajstić information content (AvgIpc) is 3.27. The number of hydrogen-bond acceptors (Lipinski definition) is 7. The number of carbonyl (C=O) groups excluding carboxylic acids is 1. The van der Waals surface area contributed by atoms with Crippen molar-refractivity contribution in [2.45, 2.75) is 38.0 Å². The van der Waals surface area contributed by atoms with Crippen LogP contribution in [0.15, 0.2) is 41.1 Å². The van der Waals surface area contributed by atoms with Crippen molar-refractivity contribution in [3.63, 3.8) is 0 Å². The number of hydrogen-bond donors (Lipinski definition) is 1. The number of amides is 1. The van der Waals surface area contributed by atoms with Gasteiger partial charge in [0.25, 0.3) is 6.43 Å². The van der Waals surface area contributed by atoms with Crippen LogP contribution in [0, 0.1) is 11.3 Å². The molecule has 2 unspecified atom stereocenters. The Balaban J connectivity index is 1.23. The lowest BCUT2D eigenvalue weighted by atomic mass is 9.91. The molecule has 2 saturated heterocycles. The third-order valence-electron chi connectivity index (χ3n) is 8.68. The standard InChI is InChI=1S/C29H29F2N5O3/c1-36-7-6-29(15-36)12-21(29)27(37)35-24-11-18-19(13-32-24)25(26(30)31)33-14-20(18)28-34-22-10-17(2-3-23(22)39-28)16-4-8-38-9-5-16/h2-3,10-11,13-14,16,21,26H,4-9,12,15H2,1H3,(H,32,35,37). The number of halogens is 2. The average molecular weight is 534 g/mol. The maximum atomic E-state index is 13.8. The van der Waals surface area contributed by atoms with Crippen LogP contribution in [0.1, 0.15) is 49.3 Å². The third-order valence-corrected chi connectivity index (χ3v) is 8.68. The maximum absolute atomic E-state index is 13.8. The Bertz CT molecular complexity index is 1580. The lowest BCUT2D eigenvalue weighted by molar-refractivity contribution is -0.118. The molecule has 3 aliphatic rings. The van der Waals surface area contributed by atoms with Crippen molar-refractivity contribution < 1.29 is 22.7 Å². The molecule has 4 aromatic rings. The molecule has 1 aliphatic carbocycles. The summed E-state index contributed by atoms with van der Waals surface area (Å²) >= 11 is 0. The Morgan fingerprint density at radius 2 is 2.00 bits per heavy atom. The van der Waals surface area contributed by atoms with Crippen LogP contribution >= 0.6 is 0 Å². The van der Waals surface area contributed by atoms with Crippen molar-refractivity contribution in [3.05, 3.63) is 47.9 Å². The summed E-state index contributed by atoms with van der Waals surface area (Å²) < 4.78 is 39.2. The summed E-state index contributed by atoms with van der Waals surface area (Å²) in [5.74, 6) is 0.862. The Morgan fingerprint density at radius 1 is 1.15 bits per heavy atom. The van der Waals surface area contributed by atoms with E-state index in [1.807, 2.05) is 18.2 Å². The predicted molar refractivity (Wildman–Crippen MR) is 142 cm³/mol. The second kappa shape index (κ2) is 9.31. The van der Waals surface area contributed by atoms with Crippen LogP contribution < -0.4 is 5.32 Å². The zero-order valence-electron chi connectivity index (χ0n) is 21.6. The first kappa shape index (κ1) is 24.5. The predicted octanol–water partition coefficient (Wildman–Crippen LogP) is 5.55. The molecule has 1 amide bonds. The first-order valence-corrected chi connectivity index (χ1v) is 13.4. The molecule has 202 valence electrons. The summed E-state index contributed by atoms with van der Waals surface area (Å²) in [4.78, 5) is 28.3. The van der Waals surface area contributed by atoms with Gasteiger partial charge in [-0.15, -0.1) is 0 Å². The highest BCUT2D eigenvalue weighted by Gasteiger charge is 2.60. The van der Waals surface area contributed by atoms with Crippen LogP contribution in [0.4, 0.5) is 14.6 Å². The minimum Gasteiger partial charge on any atom is -0.436 e. The van der Waals surface area contributed by atoms with Gasteiger partial charge in [-0.3, -0.25) is 9.78 Å². The van der Waals surface area contributed by atoms with Gasteiger partial charge in [-0.1, -0.05) is 6.07 Å². The summed E-state index contributed by atoms with van der Waals surface area (Å²) in [5.41, 5.74) is 2.64. The molecule has 0 radical (unpaired) electrons. The normalized spacial score (nSPS) is 23.8. The third kappa shape index (κ3) is 4.35. The highest BCUT2D eigenvalue weighted by atomic mass is 19.3. The fourth-order valence-electron chi connectivity index (χ4n) is 6.40. The van der Waals surface area contributed by atoms with Crippen molar-refractivity contribution in [1.82, 2.24) is 19.9 Å². The van der Waals surface area contributed by atoms with Gasteiger partial charge < -0.3 is 19.4 Å². The minimum atomic E-state index is -2.78. The van der Waals surface area contributed by atoms with Gasteiger partial charge in [-0.2, -0.15) is 0 Å². The molecule has 10 heteroatoms. The number of anilines is 1. The van der Waals surface area contributed by atoms with Gasteiger partial charge in [-0.05, 0) is 74.4 Å². The minimum absolute atomic E-state index is 0.0509. The monoisotopic (exact) mass is 533 g/mol. The lowest BCUT2D eigenvalue weighted by Crippen LogP contribution is -2.21. The van der Waals surface area contributed by atoms with Crippen LogP contribution in [-0.4, -0.2) is 59.1 Å². The number of pyridine rings is 2. The molecule has 39 heavy (non-hydrogen) atoms. The molecule has 1 aromatic carbocycles. The zero-order valence-corrected chi connectivity index (χ0v) is 21.6. The van der Waals surface area contributed by atoms with Crippen LogP contribution in [0.5, 0.6) is 0 Å². The van der Waals surface area contributed by atoms with Gasteiger partial charge in [0.2, 0.25) is 11.8 Å². The number of aromatic nitrogens is 3. The van der Waals surface area contributed by atoms with Gasteiger partial charge >= 0.3 is 0 Å². The summed E-state index contributed by atoms with van der Waals surface area (Å²) in [6.45, 7) is 3.39. The summed E-state index contributed by atoms with van der Waals surface area (Å²) in [6, 6.07) is 7.60. The molecule has 2 aliphatic heterocycles. The van der Waals surface area contributed by atoms with Crippen molar-refractivity contribution in [2.75, 3.05) is 38.7 Å². The van der Waals surface area contributed by atoms with Crippen LogP contribution in [0.25, 0.3) is 33.3 Å². The number of alkyl halides is 2. The molecule has 5 heterocycles. The van der Waals surface area contributed by atoms with Crippen molar-refractivity contribution in [1.29, 1.82) is 0 Å². The van der Waals surface area contributed by atoms with E-state index in [0.717, 1.165) is 52.0 Å². The SMILES string of the molecule is CN1CCC2(CC2C(=O)Nc2cc3c(-c4nc5cc(C6CCOCC6)ccc5o4)cnc(C(F)F)c3cn2)C1. The molecule has 8 nitrogen and oxygen atoms in total. The van der Waals surface area contributed by atoms with E-state index in [9.17, 15) is 13.6 Å². The summed E-state index contributed by atoms with van der Waals surface area (Å²) in [7, 11) is 2.07. The topological polar surface area (TPSA) is 93.4 Å². The fraction of sp³-hybridized carbons (Fsp3) is 0.448. The Kier molecular flexibility index (Phi) is 5.85. The van der Waals surface area contributed by atoms with E-state index in [2.05, 4.69) is 27.2 Å². The Morgan fingerprint density at radius 3 is 2.77 bits per heavy atom. The van der Waals surface area contributed by atoms with Crippen molar-refractivity contribution in [3.8, 4) is 11.5 Å². The fourth-order valence-corrected chi connectivity index (χ4v) is 6.40. The smallest absolute Gasteiger partial charge is 0.281 e. The van der Waals surface area contributed by atoms with Crippen molar-refractivity contribution in [2.24, 2.45) is 11.3 Å². The highest BCUT2D eigenvalue weighted by Crippen LogP contribution is 2.58. The maximum Gasteiger partial charge on any atom is 0.281 e. The number of rotatable bonds is 5. The zero-order chi connectivity index (χ0) is 26.7. The number of fused-ring (bicyclic) bond motifs is 2. The Hall–Kier alpha value is -3.50. The molecule has 0 bridgehead atoms. The Labute approximate surface area is 223 Å². The molecular weight excluding hydrogens is 504 g/mol. The lowest BCUT2D eigenvalue weighted by Gasteiger charge is -2.22. The van der Waals surface area contributed by atoms with E-state index < -0.39 is 6.43 Å². The van der Waals surface area contributed by atoms with E-state index >= 15 is 0 Å². The van der Waals surface area contributed by atoms with Gasteiger partial charge in [0.05, 0.1) is 5.56 Å². The number of oxazole rings is 1. The molecular formula is C29H29F2N5O3. The van der Waals surface area contributed by atoms with E-state index in [1.54, 1.807) is 6.07 Å². The van der Waals surface area contributed by atoms with E-state index in [0.29, 0.717) is 33.8 Å². The molecule has 3 aromatic heterocycles. The van der Waals surface area contributed by atoms with E-state index in [-0.39, 0.29) is 34.2 Å². The van der Waals surface area contributed by atoms with Gasteiger partial charge in [0, 0.05) is 48.8 Å². The van der Waals surface area contributed by atoms with Crippen LogP contribution in [0.3, 0.4) is 0 Å².